The topological polar surface area (TPSA) is 128 Å². The summed E-state index contributed by atoms with van der Waals surface area (Å²) in [6.45, 7) is 5.24. The summed E-state index contributed by atoms with van der Waals surface area (Å²) in [5, 5.41) is 22.5. The van der Waals surface area contributed by atoms with Crippen LogP contribution in [0.15, 0.2) is 42.5 Å². The molecule has 0 atom stereocenters. The third kappa shape index (κ3) is 6.27. The van der Waals surface area contributed by atoms with E-state index in [-0.39, 0.29) is 17.9 Å². The number of carbonyl (C=O) groups excluding carboxylic acids is 1. The number of ether oxygens (including phenoxy) is 2. The molecular weight excluding hydrogens is 368 g/mol. The van der Waals surface area contributed by atoms with Gasteiger partial charge in [0.2, 0.25) is 0 Å². The number of nitrogens with one attached hydrogen (secondary N) is 1. The average Bonchev–Trinajstić information content (AvgIpc) is 2.54. The van der Waals surface area contributed by atoms with E-state index in [1.807, 2.05) is 0 Å². The molecule has 1 amide bonds. The molecule has 2 rings (SSSR count). The standard InChI is InChI=1S/C19H20N2O7/c1-19(2,3)28-17(22)20-14-6-4-5-12(10-14)9-13-11-15(21(25)26)7-8-16(13)27-18(23)24/h4-8,10-11H,9H2,1-3H3,(H,20,22)(H,23,24). The highest BCUT2D eigenvalue weighted by molar-refractivity contribution is 5.85. The molecule has 0 heterocycles. The molecule has 0 spiro atoms. The summed E-state index contributed by atoms with van der Waals surface area (Å²) in [5.74, 6) is 0.00334. The number of hydrogen-bond acceptors (Lipinski definition) is 6. The molecule has 2 aromatic rings. The van der Waals surface area contributed by atoms with Gasteiger partial charge in [-0.15, -0.1) is 0 Å². The number of carbonyl (C=O) groups is 2. The molecule has 0 saturated heterocycles. The molecule has 0 aliphatic carbocycles. The van der Waals surface area contributed by atoms with Crippen molar-refractivity contribution < 1.29 is 29.1 Å². The zero-order valence-electron chi connectivity index (χ0n) is 15.6. The molecule has 0 aliphatic heterocycles. The van der Waals surface area contributed by atoms with Crippen LogP contribution in [0.1, 0.15) is 31.9 Å². The first-order chi connectivity index (χ1) is 13.0. The van der Waals surface area contributed by atoms with Gasteiger partial charge in [-0.2, -0.15) is 0 Å². The summed E-state index contributed by atoms with van der Waals surface area (Å²) in [6, 6.07) is 10.4. The molecule has 2 N–H and O–H groups in total. The number of nitro groups is 1. The first-order valence-electron chi connectivity index (χ1n) is 8.30. The SMILES string of the molecule is CC(C)(C)OC(=O)Nc1cccc(Cc2cc([N+](=O)[O-])ccc2OC(=O)O)c1. The minimum absolute atomic E-state index is 0.00334. The van der Waals surface area contributed by atoms with E-state index in [9.17, 15) is 19.7 Å². The van der Waals surface area contributed by atoms with Crippen LogP contribution in [-0.4, -0.2) is 27.9 Å². The molecular formula is C19H20N2O7. The Labute approximate surface area is 161 Å². The van der Waals surface area contributed by atoms with E-state index in [1.54, 1.807) is 45.0 Å². The summed E-state index contributed by atoms with van der Waals surface area (Å²) in [4.78, 5) is 33.2. The number of hydrogen-bond donors (Lipinski definition) is 2. The lowest BCUT2D eigenvalue weighted by Crippen LogP contribution is -2.27. The molecule has 0 aliphatic rings. The summed E-state index contributed by atoms with van der Waals surface area (Å²) >= 11 is 0. The Morgan fingerprint density at radius 2 is 1.89 bits per heavy atom. The van der Waals surface area contributed by atoms with Gasteiger partial charge in [-0.05, 0) is 44.5 Å². The summed E-state index contributed by atoms with van der Waals surface area (Å²) < 4.78 is 9.90. The molecule has 148 valence electrons. The number of non-ortho nitro benzene ring substituents is 1. The van der Waals surface area contributed by atoms with Crippen molar-refractivity contribution in [2.75, 3.05) is 5.32 Å². The maximum Gasteiger partial charge on any atom is 0.511 e. The maximum absolute atomic E-state index is 11.9. The molecule has 28 heavy (non-hydrogen) atoms. The van der Waals surface area contributed by atoms with Crippen molar-refractivity contribution in [3.05, 3.63) is 63.7 Å². The Morgan fingerprint density at radius 1 is 1.18 bits per heavy atom. The molecule has 9 heteroatoms. The number of nitrogens with zero attached hydrogens (tertiary/aromatic N) is 1. The van der Waals surface area contributed by atoms with E-state index in [1.165, 1.54) is 18.2 Å². The third-order valence-corrected chi connectivity index (χ3v) is 3.42. The Kier molecular flexibility index (Phi) is 6.19. The second kappa shape index (κ2) is 8.38. The summed E-state index contributed by atoms with van der Waals surface area (Å²) in [6.07, 6.45) is -1.97. The van der Waals surface area contributed by atoms with E-state index in [2.05, 4.69) is 5.32 Å². The zero-order valence-corrected chi connectivity index (χ0v) is 15.6. The van der Waals surface area contributed by atoms with Gasteiger partial charge in [0.25, 0.3) is 5.69 Å². The average molecular weight is 388 g/mol. The van der Waals surface area contributed by atoms with Gasteiger partial charge in [-0.25, -0.2) is 9.59 Å². The van der Waals surface area contributed by atoms with E-state index < -0.39 is 22.8 Å². The van der Waals surface area contributed by atoms with Gasteiger partial charge in [-0.3, -0.25) is 15.4 Å². The van der Waals surface area contributed by atoms with Crippen LogP contribution in [0.2, 0.25) is 0 Å². The molecule has 9 nitrogen and oxygen atoms in total. The lowest BCUT2D eigenvalue weighted by Gasteiger charge is -2.19. The highest BCUT2D eigenvalue weighted by Crippen LogP contribution is 2.27. The van der Waals surface area contributed by atoms with Crippen LogP contribution < -0.4 is 10.1 Å². The van der Waals surface area contributed by atoms with Gasteiger partial charge in [0.1, 0.15) is 11.4 Å². The minimum atomic E-state index is -1.52. The fourth-order valence-corrected chi connectivity index (χ4v) is 2.41. The molecule has 0 unspecified atom stereocenters. The lowest BCUT2D eigenvalue weighted by molar-refractivity contribution is -0.384. The molecule has 0 radical (unpaired) electrons. The van der Waals surface area contributed by atoms with E-state index in [0.717, 1.165) is 0 Å². The lowest BCUT2D eigenvalue weighted by atomic mass is 10.0. The second-order valence-corrected chi connectivity index (χ2v) is 6.92. The van der Waals surface area contributed by atoms with Crippen LogP contribution in [0, 0.1) is 10.1 Å². The largest absolute Gasteiger partial charge is 0.511 e. The van der Waals surface area contributed by atoms with Crippen molar-refractivity contribution in [3.8, 4) is 5.75 Å². The van der Waals surface area contributed by atoms with Crippen LogP contribution in [0.25, 0.3) is 0 Å². The predicted molar refractivity (Wildman–Crippen MR) is 101 cm³/mol. The zero-order chi connectivity index (χ0) is 20.9. The van der Waals surface area contributed by atoms with Crippen LogP contribution in [-0.2, 0) is 11.2 Å². The Bertz CT molecular complexity index is 903. The number of benzene rings is 2. The molecule has 2 aromatic carbocycles. The Morgan fingerprint density at radius 3 is 2.50 bits per heavy atom. The van der Waals surface area contributed by atoms with Crippen LogP contribution in [0.5, 0.6) is 5.75 Å². The third-order valence-electron chi connectivity index (χ3n) is 3.42. The van der Waals surface area contributed by atoms with Gasteiger partial charge in [-0.1, -0.05) is 12.1 Å². The van der Waals surface area contributed by atoms with Gasteiger partial charge in [0, 0.05) is 29.8 Å². The maximum atomic E-state index is 11.9. The summed E-state index contributed by atoms with van der Waals surface area (Å²) in [5.41, 5.74) is 0.650. The molecule has 0 bridgehead atoms. The Balaban J connectivity index is 2.25. The quantitative estimate of drug-likeness (QED) is 0.332. The number of carboxylic acid groups (broad SMARTS) is 1. The smallest absolute Gasteiger partial charge is 0.449 e. The number of nitro benzene ring substituents is 1. The first-order valence-corrected chi connectivity index (χ1v) is 8.30. The van der Waals surface area contributed by atoms with E-state index in [0.29, 0.717) is 16.8 Å². The Hall–Kier alpha value is -3.62. The highest BCUT2D eigenvalue weighted by Gasteiger charge is 2.17. The van der Waals surface area contributed by atoms with Crippen molar-refractivity contribution in [2.24, 2.45) is 0 Å². The molecule has 0 saturated carbocycles. The first kappa shape index (κ1) is 20.7. The van der Waals surface area contributed by atoms with Crippen LogP contribution in [0.4, 0.5) is 21.0 Å². The fraction of sp³-hybridized carbons (Fsp3) is 0.263. The number of amides is 1. The van der Waals surface area contributed by atoms with Crippen molar-refractivity contribution in [3.63, 3.8) is 0 Å². The fourth-order valence-electron chi connectivity index (χ4n) is 2.41. The number of anilines is 1. The van der Waals surface area contributed by atoms with E-state index in [4.69, 9.17) is 14.6 Å². The number of rotatable bonds is 5. The molecule has 0 fully saturated rings. The predicted octanol–water partition coefficient (Wildman–Crippen LogP) is 4.59. The van der Waals surface area contributed by atoms with Crippen molar-refractivity contribution in [2.45, 2.75) is 32.8 Å². The van der Waals surface area contributed by atoms with Gasteiger partial charge >= 0.3 is 12.2 Å². The van der Waals surface area contributed by atoms with Gasteiger partial charge < -0.3 is 14.6 Å². The van der Waals surface area contributed by atoms with Crippen LogP contribution >= 0.6 is 0 Å². The van der Waals surface area contributed by atoms with Crippen LogP contribution in [0.3, 0.4) is 0 Å². The van der Waals surface area contributed by atoms with Crippen molar-refractivity contribution >= 4 is 23.6 Å². The summed E-state index contributed by atoms with van der Waals surface area (Å²) in [7, 11) is 0. The normalized spacial score (nSPS) is 10.8. The second-order valence-electron chi connectivity index (χ2n) is 6.92. The van der Waals surface area contributed by atoms with E-state index >= 15 is 0 Å². The van der Waals surface area contributed by atoms with Gasteiger partial charge in [0.05, 0.1) is 4.92 Å². The minimum Gasteiger partial charge on any atom is -0.449 e. The van der Waals surface area contributed by atoms with Gasteiger partial charge in [0.15, 0.2) is 0 Å². The highest BCUT2D eigenvalue weighted by atomic mass is 16.7. The monoisotopic (exact) mass is 388 g/mol. The van der Waals surface area contributed by atoms with Crippen molar-refractivity contribution in [1.29, 1.82) is 0 Å². The molecule has 0 aromatic heterocycles. The van der Waals surface area contributed by atoms with Crippen molar-refractivity contribution in [1.82, 2.24) is 0 Å².